The molecule has 0 aliphatic carbocycles. The molecule has 0 saturated heterocycles. The van der Waals surface area contributed by atoms with E-state index in [1.54, 1.807) is 0 Å². The van der Waals surface area contributed by atoms with Crippen LogP contribution in [0, 0.1) is 0 Å². The third-order valence-electron chi connectivity index (χ3n) is 2.39. The van der Waals surface area contributed by atoms with Crippen LogP contribution in [-0.2, 0) is 19.1 Å². The minimum absolute atomic E-state index is 0.237. The molecular formula is C11H15NO5. The fraction of sp³-hybridized carbons (Fsp3) is 0.545. The Morgan fingerprint density at radius 3 is 2.41 bits per heavy atom. The summed E-state index contributed by atoms with van der Waals surface area (Å²) >= 11 is 0. The van der Waals surface area contributed by atoms with Crippen molar-refractivity contribution in [1.29, 1.82) is 0 Å². The number of esters is 1. The molecule has 17 heavy (non-hydrogen) atoms. The van der Waals surface area contributed by atoms with Crippen molar-refractivity contribution in [2.24, 2.45) is 0 Å². The molecule has 0 aromatic heterocycles. The molecule has 6 nitrogen and oxygen atoms in total. The summed E-state index contributed by atoms with van der Waals surface area (Å²) in [7, 11) is 0. The number of hydrogen-bond acceptors (Lipinski definition) is 5. The fourth-order valence-electron chi connectivity index (χ4n) is 1.51. The first-order chi connectivity index (χ1) is 8.15. The van der Waals surface area contributed by atoms with Gasteiger partial charge in [0.25, 0.3) is 11.8 Å². The van der Waals surface area contributed by atoms with Gasteiger partial charge in [-0.15, -0.1) is 0 Å². The van der Waals surface area contributed by atoms with E-state index in [4.69, 9.17) is 5.11 Å². The first-order valence-electron chi connectivity index (χ1n) is 5.45. The van der Waals surface area contributed by atoms with Gasteiger partial charge < -0.3 is 9.84 Å². The summed E-state index contributed by atoms with van der Waals surface area (Å²) < 4.78 is 4.34. The van der Waals surface area contributed by atoms with E-state index in [2.05, 4.69) is 4.74 Å². The van der Waals surface area contributed by atoms with Crippen molar-refractivity contribution in [3.63, 3.8) is 0 Å². The lowest BCUT2D eigenvalue weighted by atomic mass is 10.2. The Kier molecular flexibility index (Phi) is 5.35. The largest absolute Gasteiger partial charge is 0.439 e. The van der Waals surface area contributed by atoms with Crippen LogP contribution in [0.25, 0.3) is 0 Å². The van der Waals surface area contributed by atoms with E-state index in [1.807, 2.05) is 0 Å². The number of aliphatic hydroxyl groups excluding tert-OH is 1. The lowest BCUT2D eigenvalue weighted by molar-refractivity contribution is -0.152. The summed E-state index contributed by atoms with van der Waals surface area (Å²) in [5.74, 6) is -1.01. The SMILES string of the molecule is O=C(CCCCCN1C(=O)C=CC1=O)OCO. The van der Waals surface area contributed by atoms with Crippen LogP contribution >= 0.6 is 0 Å². The van der Waals surface area contributed by atoms with E-state index in [1.165, 1.54) is 17.1 Å². The van der Waals surface area contributed by atoms with Crippen molar-refractivity contribution in [3.8, 4) is 0 Å². The number of aliphatic hydroxyl groups is 1. The third-order valence-corrected chi connectivity index (χ3v) is 2.39. The summed E-state index contributed by atoms with van der Waals surface area (Å²) in [5.41, 5.74) is 0. The lowest BCUT2D eigenvalue weighted by Gasteiger charge is -2.12. The van der Waals surface area contributed by atoms with Crippen LogP contribution in [-0.4, -0.2) is 41.1 Å². The highest BCUT2D eigenvalue weighted by Gasteiger charge is 2.22. The van der Waals surface area contributed by atoms with Crippen molar-refractivity contribution >= 4 is 17.8 Å². The Morgan fingerprint density at radius 1 is 1.18 bits per heavy atom. The van der Waals surface area contributed by atoms with Crippen LogP contribution in [0.2, 0.25) is 0 Å². The van der Waals surface area contributed by atoms with Gasteiger partial charge in [0, 0.05) is 25.1 Å². The monoisotopic (exact) mass is 241 g/mol. The number of hydrogen-bond donors (Lipinski definition) is 1. The maximum atomic E-state index is 11.2. The summed E-state index contributed by atoms with van der Waals surface area (Å²) in [6.07, 6.45) is 4.73. The molecule has 0 unspecified atom stereocenters. The second kappa shape index (κ2) is 6.80. The van der Waals surface area contributed by atoms with Gasteiger partial charge in [0.15, 0.2) is 6.79 Å². The molecule has 6 heteroatoms. The van der Waals surface area contributed by atoms with Gasteiger partial charge in [-0.1, -0.05) is 6.42 Å². The summed E-state index contributed by atoms with van der Waals surface area (Å²) in [6.45, 7) is -0.221. The van der Waals surface area contributed by atoms with E-state index in [9.17, 15) is 14.4 Å². The molecule has 0 fully saturated rings. The molecule has 1 N–H and O–H groups in total. The average Bonchev–Trinajstić information content (AvgIpc) is 2.60. The van der Waals surface area contributed by atoms with Gasteiger partial charge in [0.2, 0.25) is 0 Å². The Hall–Kier alpha value is -1.69. The molecular weight excluding hydrogens is 226 g/mol. The number of unbranched alkanes of at least 4 members (excludes halogenated alkanes) is 2. The molecule has 0 bridgehead atoms. The van der Waals surface area contributed by atoms with Crippen molar-refractivity contribution in [3.05, 3.63) is 12.2 Å². The van der Waals surface area contributed by atoms with Crippen LogP contribution in [0.5, 0.6) is 0 Å². The van der Waals surface area contributed by atoms with Gasteiger partial charge >= 0.3 is 5.97 Å². The van der Waals surface area contributed by atoms with Crippen LogP contribution in [0.15, 0.2) is 12.2 Å². The van der Waals surface area contributed by atoms with Crippen LogP contribution in [0.4, 0.5) is 0 Å². The minimum Gasteiger partial charge on any atom is -0.439 e. The molecule has 1 aliphatic heterocycles. The lowest BCUT2D eigenvalue weighted by Crippen LogP contribution is -2.30. The molecule has 1 rings (SSSR count). The third kappa shape index (κ3) is 4.36. The predicted molar refractivity (Wildman–Crippen MR) is 57.5 cm³/mol. The molecule has 1 heterocycles. The van der Waals surface area contributed by atoms with Crippen molar-refractivity contribution in [2.75, 3.05) is 13.3 Å². The normalized spacial score (nSPS) is 14.5. The Balaban J connectivity index is 2.07. The van der Waals surface area contributed by atoms with Gasteiger partial charge in [0.1, 0.15) is 0 Å². The van der Waals surface area contributed by atoms with Crippen LogP contribution in [0.3, 0.4) is 0 Å². The second-order valence-corrected chi connectivity index (χ2v) is 3.62. The van der Waals surface area contributed by atoms with Crippen LogP contribution < -0.4 is 0 Å². The van der Waals surface area contributed by atoms with E-state index in [0.29, 0.717) is 19.4 Å². The zero-order chi connectivity index (χ0) is 12.7. The molecule has 0 aromatic rings. The molecule has 0 radical (unpaired) electrons. The van der Waals surface area contributed by atoms with Gasteiger partial charge in [0.05, 0.1) is 0 Å². The summed E-state index contributed by atoms with van der Waals surface area (Å²) in [4.78, 5) is 34.3. The number of carbonyl (C=O) groups is 3. The van der Waals surface area contributed by atoms with E-state index >= 15 is 0 Å². The highest BCUT2D eigenvalue weighted by molar-refractivity contribution is 6.12. The van der Waals surface area contributed by atoms with E-state index in [-0.39, 0.29) is 18.2 Å². The highest BCUT2D eigenvalue weighted by Crippen LogP contribution is 2.07. The summed E-state index contributed by atoms with van der Waals surface area (Å²) in [5, 5.41) is 8.31. The molecule has 2 amide bonds. The van der Waals surface area contributed by atoms with E-state index < -0.39 is 12.8 Å². The first kappa shape index (κ1) is 13.4. The molecule has 94 valence electrons. The van der Waals surface area contributed by atoms with Gasteiger partial charge in [-0.3, -0.25) is 19.3 Å². The molecule has 0 spiro atoms. The quantitative estimate of drug-likeness (QED) is 0.293. The maximum absolute atomic E-state index is 11.2. The average molecular weight is 241 g/mol. The standard InChI is InChI=1S/C11H15NO5/c13-8-17-11(16)4-2-1-3-7-12-9(14)5-6-10(12)15/h5-6,13H,1-4,7-8H2. The van der Waals surface area contributed by atoms with Crippen molar-refractivity contribution in [1.82, 2.24) is 4.90 Å². The van der Waals surface area contributed by atoms with Gasteiger partial charge in [-0.2, -0.15) is 0 Å². The molecule has 1 aliphatic rings. The number of amides is 2. The van der Waals surface area contributed by atoms with Crippen LogP contribution in [0.1, 0.15) is 25.7 Å². The summed E-state index contributed by atoms with van der Waals surface area (Å²) in [6, 6.07) is 0. The zero-order valence-corrected chi connectivity index (χ0v) is 9.42. The first-order valence-corrected chi connectivity index (χ1v) is 5.45. The Bertz CT molecular complexity index is 319. The molecule has 0 saturated carbocycles. The van der Waals surface area contributed by atoms with Gasteiger partial charge in [-0.25, -0.2) is 0 Å². The number of ether oxygens (including phenoxy) is 1. The number of imide groups is 1. The predicted octanol–water partition coefficient (Wildman–Crippen LogP) is -0.0352. The van der Waals surface area contributed by atoms with Crippen molar-refractivity contribution in [2.45, 2.75) is 25.7 Å². The smallest absolute Gasteiger partial charge is 0.307 e. The number of rotatable bonds is 7. The van der Waals surface area contributed by atoms with Crippen molar-refractivity contribution < 1.29 is 24.2 Å². The Morgan fingerprint density at radius 2 is 1.82 bits per heavy atom. The van der Waals surface area contributed by atoms with Gasteiger partial charge in [-0.05, 0) is 12.8 Å². The highest BCUT2D eigenvalue weighted by atomic mass is 16.6. The minimum atomic E-state index is -0.596. The number of carbonyl (C=O) groups excluding carboxylic acids is 3. The maximum Gasteiger partial charge on any atom is 0.307 e. The fourth-order valence-corrected chi connectivity index (χ4v) is 1.51. The number of nitrogens with zero attached hydrogens (tertiary/aromatic N) is 1. The zero-order valence-electron chi connectivity index (χ0n) is 9.42. The van der Waals surface area contributed by atoms with E-state index in [0.717, 1.165) is 6.42 Å². The second-order valence-electron chi connectivity index (χ2n) is 3.62. The molecule has 0 atom stereocenters. The molecule has 0 aromatic carbocycles. The Labute approximate surface area is 98.8 Å². The topological polar surface area (TPSA) is 83.9 Å².